The topological polar surface area (TPSA) is 57.8 Å². The van der Waals surface area contributed by atoms with Crippen LogP contribution >= 0.6 is 22.7 Å². The van der Waals surface area contributed by atoms with Crippen LogP contribution in [0.2, 0.25) is 0 Å². The largest absolute Gasteiger partial charge is 0.356 e. The van der Waals surface area contributed by atoms with Gasteiger partial charge in [-0.15, -0.1) is 0 Å². The number of hydrogen-bond donors (Lipinski definition) is 2. The molecule has 0 radical (unpaired) electrons. The summed E-state index contributed by atoms with van der Waals surface area (Å²) in [6.07, 6.45) is 0. The maximum absolute atomic E-state index is 11.0. The Morgan fingerprint density at radius 3 is 3.11 bits per heavy atom. The van der Waals surface area contributed by atoms with Crippen LogP contribution in [0.15, 0.2) is 28.4 Å². The first kappa shape index (κ1) is 11.4. The molecule has 0 fully saturated rings. The summed E-state index contributed by atoms with van der Waals surface area (Å²) < 4.78 is 1.18. The van der Waals surface area contributed by atoms with Crippen LogP contribution in [0.5, 0.6) is 0 Å². The van der Waals surface area contributed by atoms with Gasteiger partial charge in [-0.3, -0.25) is 4.79 Å². The number of benzene rings is 1. The predicted molar refractivity (Wildman–Crippen MR) is 76.6 cm³/mol. The highest BCUT2D eigenvalue weighted by Crippen LogP contribution is 2.26. The van der Waals surface area contributed by atoms with Gasteiger partial charge >= 0.3 is 4.87 Å². The number of H-pyrrole nitrogens is 1. The lowest BCUT2D eigenvalue weighted by Gasteiger charge is -1.97. The smallest absolute Gasteiger partial charge is 0.304 e. The number of nitrogens with zero attached hydrogens (tertiary/aromatic N) is 1. The fourth-order valence-electron chi connectivity index (χ4n) is 1.68. The Balaban J connectivity index is 1.80. The van der Waals surface area contributed by atoms with Crippen LogP contribution in [-0.2, 0) is 6.54 Å². The van der Waals surface area contributed by atoms with Crippen molar-refractivity contribution in [3.05, 3.63) is 44.5 Å². The molecule has 6 heteroatoms. The van der Waals surface area contributed by atoms with E-state index >= 15 is 0 Å². The summed E-state index contributed by atoms with van der Waals surface area (Å²) in [5, 5.41) is 5.93. The Bertz CT molecular complexity index is 741. The van der Waals surface area contributed by atoms with Crippen molar-refractivity contribution in [1.29, 1.82) is 0 Å². The molecular formula is C12H11N3OS2. The second kappa shape index (κ2) is 4.55. The zero-order chi connectivity index (χ0) is 12.5. The second-order valence-electron chi connectivity index (χ2n) is 4.02. The number of hydrogen-bond acceptors (Lipinski definition) is 5. The molecule has 3 aromatic rings. The molecule has 0 saturated carbocycles. The summed E-state index contributed by atoms with van der Waals surface area (Å²) in [6, 6.07) is 6.21. The summed E-state index contributed by atoms with van der Waals surface area (Å²) in [7, 11) is 0. The Kier molecular flexibility index (Phi) is 2.89. The first-order valence-electron chi connectivity index (χ1n) is 5.48. The summed E-state index contributed by atoms with van der Waals surface area (Å²) in [4.78, 5) is 18.2. The molecule has 0 unspecified atom stereocenters. The Labute approximate surface area is 111 Å². The first-order valence-corrected chi connectivity index (χ1v) is 7.18. The number of anilines is 1. The molecule has 2 heterocycles. The number of aromatic nitrogens is 2. The van der Waals surface area contributed by atoms with Crippen molar-refractivity contribution in [3.63, 3.8) is 0 Å². The average Bonchev–Trinajstić information content (AvgIpc) is 2.92. The second-order valence-corrected chi connectivity index (χ2v) is 5.89. The molecule has 0 aliphatic rings. The lowest BCUT2D eigenvalue weighted by atomic mass is 10.2. The maximum Gasteiger partial charge on any atom is 0.304 e. The normalized spacial score (nSPS) is 10.9. The zero-order valence-corrected chi connectivity index (χ0v) is 11.3. The Hall–Kier alpha value is -1.66. The van der Waals surface area contributed by atoms with Crippen LogP contribution < -0.4 is 10.2 Å². The van der Waals surface area contributed by atoms with Crippen LogP contribution in [0.4, 0.5) is 5.13 Å². The van der Waals surface area contributed by atoms with Crippen LogP contribution in [0.3, 0.4) is 0 Å². The summed E-state index contributed by atoms with van der Waals surface area (Å²) in [5.74, 6) is 0. The minimum Gasteiger partial charge on any atom is -0.356 e. The standard InChI is InChI=1S/C12H11N3OS2/c1-7-2-3-9-10(4-7)18-11(15-9)13-5-8-6-17-12(16)14-8/h2-4,6H,5H2,1H3,(H,13,15)(H,14,16). The quantitative estimate of drug-likeness (QED) is 0.774. The van der Waals surface area contributed by atoms with E-state index in [-0.39, 0.29) is 4.87 Å². The SMILES string of the molecule is Cc1ccc2nc(NCc3csc(=O)[nH]3)sc2c1. The third-order valence-electron chi connectivity index (χ3n) is 2.54. The number of nitrogens with one attached hydrogen (secondary N) is 2. The van der Waals surface area contributed by atoms with E-state index < -0.39 is 0 Å². The zero-order valence-electron chi connectivity index (χ0n) is 9.69. The van der Waals surface area contributed by atoms with Crippen molar-refractivity contribution >= 4 is 38.0 Å². The van der Waals surface area contributed by atoms with Gasteiger partial charge in [-0.2, -0.15) is 0 Å². The highest BCUT2D eigenvalue weighted by atomic mass is 32.1. The molecule has 0 atom stereocenters. The van der Waals surface area contributed by atoms with E-state index in [0.717, 1.165) is 16.3 Å². The molecule has 0 amide bonds. The van der Waals surface area contributed by atoms with Crippen LogP contribution in [0.1, 0.15) is 11.3 Å². The molecule has 92 valence electrons. The van der Waals surface area contributed by atoms with E-state index in [1.165, 1.54) is 21.6 Å². The van der Waals surface area contributed by atoms with Gasteiger partial charge in [0.15, 0.2) is 5.13 Å². The Morgan fingerprint density at radius 1 is 1.44 bits per heavy atom. The number of thiazole rings is 2. The fourth-order valence-corrected chi connectivity index (χ4v) is 3.22. The molecule has 0 bridgehead atoms. The molecule has 0 aliphatic heterocycles. The molecule has 3 rings (SSSR count). The number of rotatable bonds is 3. The van der Waals surface area contributed by atoms with Gasteiger partial charge in [0, 0.05) is 11.1 Å². The monoisotopic (exact) mass is 277 g/mol. The van der Waals surface area contributed by atoms with Gasteiger partial charge in [-0.1, -0.05) is 28.7 Å². The lowest BCUT2D eigenvalue weighted by Crippen LogP contribution is -2.02. The van der Waals surface area contributed by atoms with E-state index in [1.807, 2.05) is 11.4 Å². The molecule has 0 spiro atoms. The molecule has 0 aliphatic carbocycles. The maximum atomic E-state index is 11.0. The van der Waals surface area contributed by atoms with Gasteiger partial charge in [0.1, 0.15) is 0 Å². The highest BCUT2D eigenvalue weighted by Gasteiger charge is 2.04. The lowest BCUT2D eigenvalue weighted by molar-refractivity contribution is 1.05. The van der Waals surface area contributed by atoms with Gasteiger partial charge in [0.2, 0.25) is 0 Å². The van der Waals surface area contributed by atoms with Crippen LogP contribution in [0, 0.1) is 6.92 Å². The number of fused-ring (bicyclic) bond motifs is 1. The van der Waals surface area contributed by atoms with E-state index in [2.05, 4.69) is 34.3 Å². The van der Waals surface area contributed by atoms with Gasteiger partial charge in [0.25, 0.3) is 0 Å². The van der Waals surface area contributed by atoms with E-state index in [9.17, 15) is 4.79 Å². The van der Waals surface area contributed by atoms with Crippen molar-refractivity contribution in [3.8, 4) is 0 Å². The van der Waals surface area contributed by atoms with Crippen LogP contribution in [-0.4, -0.2) is 9.97 Å². The van der Waals surface area contributed by atoms with Crippen molar-refractivity contribution < 1.29 is 0 Å². The van der Waals surface area contributed by atoms with Crippen molar-refractivity contribution in [1.82, 2.24) is 9.97 Å². The van der Waals surface area contributed by atoms with E-state index in [1.54, 1.807) is 11.3 Å². The molecule has 0 saturated heterocycles. The molecule has 4 nitrogen and oxygen atoms in total. The minimum absolute atomic E-state index is 0.0216. The van der Waals surface area contributed by atoms with Gasteiger partial charge in [0.05, 0.1) is 16.8 Å². The van der Waals surface area contributed by atoms with E-state index in [0.29, 0.717) is 6.54 Å². The highest BCUT2D eigenvalue weighted by molar-refractivity contribution is 7.22. The fraction of sp³-hybridized carbons (Fsp3) is 0.167. The van der Waals surface area contributed by atoms with Gasteiger partial charge < -0.3 is 10.3 Å². The average molecular weight is 277 g/mol. The van der Waals surface area contributed by atoms with Crippen molar-refractivity contribution in [2.24, 2.45) is 0 Å². The third-order valence-corrected chi connectivity index (χ3v) is 4.24. The number of aryl methyl sites for hydroxylation is 1. The molecular weight excluding hydrogens is 266 g/mol. The Morgan fingerprint density at radius 2 is 2.33 bits per heavy atom. The van der Waals surface area contributed by atoms with Crippen molar-refractivity contribution in [2.75, 3.05) is 5.32 Å². The summed E-state index contributed by atoms with van der Waals surface area (Å²) in [6.45, 7) is 2.67. The number of aromatic amines is 1. The van der Waals surface area contributed by atoms with Gasteiger partial charge in [-0.25, -0.2) is 4.98 Å². The third kappa shape index (κ3) is 2.30. The predicted octanol–water partition coefficient (Wildman–Crippen LogP) is 2.97. The molecule has 18 heavy (non-hydrogen) atoms. The summed E-state index contributed by atoms with van der Waals surface area (Å²) in [5.41, 5.74) is 3.13. The van der Waals surface area contributed by atoms with Gasteiger partial charge in [-0.05, 0) is 24.6 Å². The molecule has 2 aromatic heterocycles. The van der Waals surface area contributed by atoms with Crippen LogP contribution in [0.25, 0.3) is 10.2 Å². The van der Waals surface area contributed by atoms with Crippen molar-refractivity contribution in [2.45, 2.75) is 13.5 Å². The van der Waals surface area contributed by atoms with E-state index in [4.69, 9.17) is 0 Å². The summed E-state index contributed by atoms with van der Waals surface area (Å²) >= 11 is 2.81. The first-order chi connectivity index (χ1) is 8.70. The molecule has 2 N–H and O–H groups in total. The minimum atomic E-state index is -0.0216. The molecule has 1 aromatic carbocycles.